The van der Waals surface area contributed by atoms with E-state index in [9.17, 15) is 14.4 Å². The molecule has 6 heteroatoms. The predicted molar refractivity (Wildman–Crippen MR) is 89.6 cm³/mol. The van der Waals surface area contributed by atoms with Crippen molar-refractivity contribution < 1.29 is 14.3 Å². The molecule has 2 unspecified atom stereocenters. The lowest BCUT2D eigenvalue weighted by Crippen LogP contribution is -2.34. The third kappa shape index (κ3) is 2.71. The molecule has 0 saturated heterocycles. The van der Waals surface area contributed by atoms with Crippen LogP contribution in [0.1, 0.15) is 35.9 Å². The summed E-state index contributed by atoms with van der Waals surface area (Å²) in [4.78, 5) is 36.5. The lowest BCUT2D eigenvalue weighted by atomic mass is 10.0. The largest absolute Gasteiger partial charge is 0.479 e. The van der Waals surface area contributed by atoms with Gasteiger partial charge in [-0.3, -0.25) is 14.4 Å². The minimum absolute atomic E-state index is 0.206. The van der Waals surface area contributed by atoms with Gasteiger partial charge in [-0.1, -0.05) is 6.07 Å². The first-order chi connectivity index (χ1) is 11.4. The van der Waals surface area contributed by atoms with Crippen molar-refractivity contribution in [2.75, 3.05) is 5.32 Å². The zero-order valence-electron chi connectivity index (χ0n) is 13.7. The molecule has 2 aromatic rings. The van der Waals surface area contributed by atoms with Crippen molar-refractivity contribution in [2.24, 2.45) is 0 Å². The van der Waals surface area contributed by atoms with Gasteiger partial charge in [0.15, 0.2) is 11.9 Å². The van der Waals surface area contributed by atoms with E-state index in [2.05, 4.69) is 5.32 Å². The number of nitrogens with zero attached hydrogens (tertiary/aromatic N) is 1. The molecule has 1 aromatic heterocycles. The number of pyridine rings is 1. The number of aryl methyl sites for hydroxylation is 1. The fourth-order valence-electron chi connectivity index (χ4n) is 2.82. The summed E-state index contributed by atoms with van der Waals surface area (Å²) < 4.78 is 6.94. The SMILES string of the molecule is Cc1cccc(=O)n1C(C)C(=O)c1ccc2c(c1)NC(=O)C(C)O2. The lowest BCUT2D eigenvalue weighted by Gasteiger charge is -2.24. The fourth-order valence-corrected chi connectivity index (χ4v) is 2.82. The van der Waals surface area contributed by atoms with Gasteiger partial charge in [-0.15, -0.1) is 0 Å². The van der Waals surface area contributed by atoms with E-state index in [1.165, 1.54) is 10.6 Å². The number of nitrogens with one attached hydrogen (secondary N) is 1. The summed E-state index contributed by atoms with van der Waals surface area (Å²) in [7, 11) is 0. The van der Waals surface area contributed by atoms with Crippen molar-refractivity contribution in [3.05, 3.63) is 58.0 Å². The van der Waals surface area contributed by atoms with E-state index >= 15 is 0 Å². The number of ketones is 1. The zero-order valence-corrected chi connectivity index (χ0v) is 13.7. The molecule has 0 radical (unpaired) electrons. The van der Waals surface area contributed by atoms with Crippen molar-refractivity contribution in [3.63, 3.8) is 0 Å². The maximum Gasteiger partial charge on any atom is 0.265 e. The highest BCUT2D eigenvalue weighted by molar-refractivity contribution is 6.03. The molecule has 1 N–H and O–H groups in total. The Morgan fingerprint density at radius 3 is 2.71 bits per heavy atom. The van der Waals surface area contributed by atoms with Crippen LogP contribution in [0.3, 0.4) is 0 Å². The van der Waals surface area contributed by atoms with Gasteiger partial charge in [0.05, 0.1) is 11.7 Å². The number of aromatic nitrogens is 1. The molecule has 2 atom stereocenters. The second-order valence-corrected chi connectivity index (χ2v) is 5.88. The van der Waals surface area contributed by atoms with Crippen molar-refractivity contribution in [1.82, 2.24) is 4.57 Å². The Kier molecular flexibility index (Phi) is 3.97. The van der Waals surface area contributed by atoms with Gasteiger partial charge in [-0.2, -0.15) is 0 Å². The number of hydrogen-bond donors (Lipinski definition) is 1. The van der Waals surface area contributed by atoms with Crippen LogP contribution < -0.4 is 15.6 Å². The van der Waals surface area contributed by atoms with Crippen LogP contribution in [0.2, 0.25) is 0 Å². The molecular formula is C18H18N2O4. The van der Waals surface area contributed by atoms with E-state index in [4.69, 9.17) is 4.74 Å². The molecule has 1 aliphatic rings. The van der Waals surface area contributed by atoms with Gasteiger partial charge in [-0.05, 0) is 45.0 Å². The number of carbonyl (C=O) groups excluding carboxylic acids is 2. The summed E-state index contributed by atoms with van der Waals surface area (Å²) in [5.74, 6) is 0.0664. The Balaban J connectivity index is 1.95. The number of amides is 1. The van der Waals surface area contributed by atoms with Crippen LogP contribution in [-0.2, 0) is 4.79 Å². The molecule has 0 bridgehead atoms. The van der Waals surface area contributed by atoms with E-state index in [-0.39, 0.29) is 17.2 Å². The van der Waals surface area contributed by atoms with Crippen molar-refractivity contribution >= 4 is 17.4 Å². The maximum atomic E-state index is 12.8. The number of ether oxygens (including phenoxy) is 1. The van der Waals surface area contributed by atoms with E-state index in [1.54, 1.807) is 51.1 Å². The summed E-state index contributed by atoms with van der Waals surface area (Å²) >= 11 is 0. The zero-order chi connectivity index (χ0) is 17.4. The molecule has 6 nitrogen and oxygen atoms in total. The number of carbonyl (C=O) groups is 2. The van der Waals surface area contributed by atoms with Gasteiger partial charge < -0.3 is 14.6 Å². The first kappa shape index (κ1) is 16.0. The third-order valence-electron chi connectivity index (χ3n) is 4.16. The van der Waals surface area contributed by atoms with Crippen LogP contribution in [0.15, 0.2) is 41.2 Å². The van der Waals surface area contributed by atoms with Gasteiger partial charge in [-0.25, -0.2) is 0 Å². The van der Waals surface area contributed by atoms with Gasteiger partial charge in [0, 0.05) is 17.3 Å². The molecule has 1 amide bonds. The fraction of sp³-hybridized carbons (Fsp3) is 0.278. The molecule has 0 saturated carbocycles. The Labute approximate surface area is 139 Å². The lowest BCUT2D eigenvalue weighted by molar-refractivity contribution is -0.122. The van der Waals surface area contributed by atoms with E-state index < -0.39 is 12.1 Å². The molecule has 0 fully saturated rings. The maximum absolute atomic E-state index is 12.8. The molecule has 0 spiro atoms. The predicted octanol–water partition coefficient (Wildman–Crippen LogP) is 2.32. The first-order valence-corrected chi connectivity index (χ1v) is 7.72. The summed E-state index contributed by atoms with van der Waals surface area (Å²) in [6, 6.07) is 9.12. The Bertz CT molecular complexity index is 885. The van der Waals surface area contributed by atoms with Crippen molar-refractivity contribution in [1.29, 1.82) is 0 Å². The van der Waals surface area contributed by atoms with Crippen LogP contribution in [0.4, 0.5) is 5.69 Å². The van der Waals surface area contributed by atoms with Crippen molar-refractivity contribution in [3.8, 4) is 5.75 Å². The minimum Gasteiger partial charge on any atom is -0.479 e. The summed E-state index contributed by atoms with van der Waals surface area (Å²) in [6.45, 7) is 5.13. The molecular weight excluding hydrogens is 308 g/mol. The highest BCUT2D eigenvalue weighted by Crippen LogP contribution is 2.31. The topological polar surface area (TPSA) is 77.4 Å². The number of anilines is 1. The van der Waals surface area contributed by atoms with Crippen LogP contribution in [0.5, 0.6) is 5.75 Å². The number of fused-ring (bicyclic) bond motifs is 1. The van der Waals surface area contributed by atoms with Crippen molar-refractivity contribution in [2.45, 2.75) is 32.9 Å². The monoisotopic (exact) mass is 326 g/mol. The normalized spacial score (nSPS) is 17.5. The average molecular weight is 326 g/mol. The summed E-state index contributed by atoms with van der Waals surface area (Å²) in [5, 5.41) is 2.72. The summed E-state index contributed by atoms with van der Waals surface area (Å²) in [5.41, 5.74) is 1.37. The average Bonchev–Trinajstić information content (AvgIpc) is 2.54. The number of benzene rings is 1. The van der Waals surface area contributed by atoms with Crippen LogP contribution in [0, 0.1) is 6.92 Å². The molecule has 1 aliphatic heterocycles. The Hall–Kier alpha value is -2.89. The van der Waals surface area contributed by atoms with Gasteiger partial charge in [0.2, 0.25) is 0 Å². The smallest absolute Gasteiger partial charge is 0.265 e. The second kappa shape index (κ2) is 5.96. The van der Waals surface area contributed by atoms with Gasteiger partial charge in [0.25, 0.3) is 11.5 Å². The van der Waals surface area contributed by atoms with E-state index in [1.807, 2.05) is 0 Å². The number of rotatable bonds is 3. The molecule has 1 aromatic carbocycles. The minimum atomic E-state index is -0.643. The third-order valence-corrected chi connectivity index (χ3v) is 4.16. The quantitative estimate of drug-likeness (QED) is 0.878. The molecule has 3 rings (SSSR count). The molecule has 0 aliphatic carbocycles. The highest BCUT2D eigenvalue weighted by atomic mass is 16.5. The van der Waals surface area contributed by atoms with Crippen LogP contribution >= 0.6 is 0 Å². The van der Waals surface area contributed by atoms with E-state index in [0.29, 0.717) is 22.7 Å². The molecule has 24 heavy (non-hydrogen) atoms. The van der Waals surface area contributed by atoms with Crippen LogP contribution in [0.25, 0.3) is 0 Å². The Morgan fingerprint density at radius 1 is 1.25 bits per heavy atom. The summed E-state index contributed by atoms with van der Waals surface area (Å²) in [6.07, 6.45) is -0.566. The van der Waals surface area contributed by atoms with Gasteiger partial charge >= 0.3 is 0 Å². The Morgan fingerprint density at radius 2 is 2.00 bits per heavy atom. The standard InChI is InChI=1S/C18H18N2O4/c1-10-5-4-6-16(21)20(10)11(2)17(22)13-7-8-15-14(9-13)19-18(23)12(3)24-15/h4-9,11-12H,1-3H3,(H,19,23). The second-order valence-electron chi connectivity index (χ2n) is 5.88. The van der Waals surface area contributed by atoms with Crippen LogP contribution in [-0.4, -0.2) is 22.4 Å². The number of Topliss-reactive ketones (excluding diaryl/α,β-unsaturated/α-hetero) is 1. The molecule has 2 heterocycles. The highest BCUT2D eigenvalue weighted by Gasteiger charge is 2.26. The van der Waals surface area contributed by atoms with E-state index in [0.717, 1.165) is 0 Å². The van der Waals surface area contributed by atoms with Gasteiger partial charge in [0.1, 0.15) is 5.75 Å². The molecule has 124 valence electrons. The number of hydrogen-bond acceptors (Lipinski definition) is 4. The first-order valence-electron chi connectivity index (χ1n) is 7.72.